The normalized spacial score (nSPS) is 13.2. The Labute approximate surface area is 107 Å². The van der Waals surface area contributed by atoms with Gasteiger partial charge in [0.05, 0.1) is 11.5 Å². The highest BCUT2D eigenvalue weighted by Gasteiger charge is 2.21. The molecule has 0 radical (unpaired) electrons. The second-order valence-corrected chi connectivity index (χ2v) is 6.28. The fraction of sp³-hybridized carbons (Fsp3) is 0.417. The summed E-state index contributed by atoms with van der Waals surface area (Å²) in [6, 6.07) is 5.83. The van der Waals surface area contributed by atoms with E-state index in [-0.39, 0.29) is 5.75 Å². The lowest BCUT2D eigenvalue weighted by Crippen LogP contribution is -2.37. The Balaban J connectivity index is 2.73. The van der Waals surface area contributed by atoms with Crippen molar-refractivity contribution in [2.24, 2.45) is 5.73 Å². The monoisotopic (exact) mass is 271 g/mol. The third kappa shape index (κ3) is 4.46. The molecule has 0 heterocycles. The molecule has 100 valence electrons. The molecule has 5 nitrogen and oxygen atoms in total. The van der Waals surface area contributed by atoms with Crippen molar-refractivity contribution in [3.63, 3.8) is 0 Å². The topological polar surface area (TPSA) is 97.5 Å². The Morgan fingerprint density at radius 3 is 2.22 bits per heavy atom. The van der Waals surface area contributed by atoms with Crippen LogP contribution in [0, 0.1) is 0 Å². The number of carbonyl (C=O) groups is 1. The maximum Gasteiger partial charge on any atom is 0.321 e. The van der Waals surface area contributed by atoms with Crippen LogP contribution in [0.5, 0.6) is 0 Å². The molecule has 0 spiro atoms. The predicted octanol–water partition coefficient (Wildman–Crippen LogP) is 0.576. The molecule has 1 atom stereocenters. The second kappa shape index (κ2) is 5.97. The van der Waals surface area contributed by atoms with Gasteiger partial charge in [0, 0.05) is 0 Å². The molecule has 0 aliphatic rings. The van der Waals surface area contributed by atoms with Gasteiger partial charge in [-0.25, -0.2) is 8.42 Å². The number of carboxylic acids is 1. The van der Waals surface area contributed by atoms with Crippen LogP contribution in [0.15, 0.2) is 24.3 Å². The number of benzene rings is 1. The van der Waals surface area contributed by atoms with Crippen molar-refractivity contribution in [3.8, 4) is 0 Å². The summed E-state index contributed by atoms with van der Waals surface area (Å²) >= 11 is 0. The fourth-order valence-electron chi connectivity index (χ4n) is 1.53. The molecule has 18 heavy (non-hydrogen) atoms. The minimum Gasteiger partial charge on any atom is -0.480 e. The van der Waals surface area contributed by atoms with E-state index in [0.29, 0.717) is 5.56 Å². The molecule has 0 bridgehead atoms. The Kier molecular flexibility index (Phi) is 4.86. The van der Waals surface area contributed by atoms with Crippen LogP contribution in [0.4, 0.5) is 0 Å². The molecule has 0 aliphatic carbocycles. The average Bonchev–Trinajstić information content (AvgIpc) is 2.28. The lowest BCUT2D eigenvalue weighted by atomic mass is 10.1. The van der Waals surface area contributed by atoms with Crippen molar-refractivity contribution < 1.29 is 18.3 Å². The number of nitrogens with two attached hydrogens (primary N) is 1. The van der Waals surface area contributed by atoms with Gasteiger partial charge in [-0.3, -0.25) is 4.79 Å². The minimum absolute atomic E-state index is 0.183. The number of carboxylic acid groups (broad SMARTS) is 1. The highest BCUT2D eigenvalue weighted by Crippen LogP contribution is 2.10. The maximum atomic E-state index is 11.7. The molecule has 1 unspecified atom stereocenters. The zero-order valence-electron chi connectivity index (χ0n) is 10.2. The van der Waals surface area contributed by atoms with E-state index in [9.17, 15) is 13.2 Å². The van der Waals surface area contributed by atoms with Gasteiger partial charge in [0.15, 0.2) is 9.84 Å². The Morgan fingerprint density at radius 1 is 1.28 bits per heavy atom. The molecule has 0 aromatic heterocycles. The SMILES string of the molecule is CCc1ccc(CS(=O)(=O)CC(N)C(=O)O)cc1. The van der Waals surface area contributed by atoms with E-state index in [0.717, 1.165) is 12.0 Å². The summed E-state index contributed by atoms with van der Waals surface area (Å²) in [7, 11) is -3.50. The summed E-state index contributed by atoms with van der Waals surface area (Å²) in [4.78, 5) is 10.5. The van der Waals surface area contributed by atoms with Crippen molar-refractivity contribution in [1.29, 1.82) is 0 Å². The van der Waals surface area contributed by atoms with Crippen LogP contribution >= 0.6 is 0 Å². The van der Waals surface area contributed by atoms with Crippen molar-refractivity contribution in [3.05, 3.63) is 35.4 Å². The molecule has 0 fully saturated rings. The smallest absolute Gasteiger partial charge is 0.321 e. The van der Waals surface area contributed by atoms with Gasteiger partial charge in [0.1, 0.15) is 6.04 Å². The molecule has 1 aromatic carbocycles. The van der Waals surface area contributed by atoms with Gasteiger partial charge in [-0.2, -0.15) is 0 Å². The van der Waals surface area contributed by atoms with Gasteiger partial charge in [0.2, 0.25) is 0 Å². The Morgan fingerprint density at radius 2 is 1.78 bits per heavy atom. The van der Waals surface area contributed by atoms with Crippen molar-refractivity contribution in [2.45, 2.75) is 25.1 Å². The molecule has 6 heteroatoms. The van der Waals surface area contributed by atoms with Crippen molar-refractivity contribution >= 4 is 15.8 Å². The quantitative estimate of drug-likeness (QED) is 0.788. The molecule has 1 rings (SSSR count). The van der Waals surface area contributed by atoms with Crippen LogP contribution in [0.3, 0.4) is 0 Å². The summed E-state index contributed by atoms with van der Waals surface area (Å²) < 4.78 is 23.5. The van der Waals surface area contributed by atoms with Crippen LogP contribution in [0.2, 0.25) is 0 Å². The highest BCUT2D eigenvalue weighted by molar-refractivity contribution is 7.90. The molecule has 0 saturated heterocycles. The van der Waals surface area contributed by atoms with Gasteiger partial charge < -0.3 is 10.8 Å². The molecule has 0 saturated carbocycles. The van der Waals surface area contributed by atoms with E-state index in [1.54, 1.807) is 12.1 Å². The standard InChI is InChI=1S/C12H17NO4S/c1-2-9-3-5-10(6-4-9)7-18(16,17)8-11(13)12(14)15/h3-6,11H,2,7-8,13H2,1H3,(H,14,15). The molecular weight excluding hydrogens is 254 g/mol. The maximum absolute atomic E-state index is 11.7. The number of sulfone groups is 1. The fourth-order valence-corrected chi connectivity index (χ4v) is 3.04. The van der Waals surface area contributed by atoms with Gasteiger partial charge in [0.25, 0.3) is 0 Å². The van der Waals surface area contributed by atoms with Gasteiger partial charge >= 0.3 is 5.97 Å². The van der Waals surface area contributed by atoms with Crippen molar-refractivity contribution in [1.82, 2.24) is 0 Å². The molecular formula is C12H17NO4S. The van der Waals surface area contributed by atoms with Crippen LogP contribution in [-0.4, -0.2) is 31.3 Å². The number of rotatable bonds is 6. The first-order valence-electron chi connectivity index (χ1n) is 5.60. The van der Waals surface area contributed by atoms with Crippen LogP contribution in [-0.2, 0) is 26.8 Å². The third-order valence-corrected chi connectivity index (χ3v) is 4.21. The van der Waals surface area contributed by atoms with E-state index in [1.165, 1.54) is 0 Å². The van der Waals surface area contributed by atoms with Gasteiger partial charge in [-0.05, 0) is 17.5 Å². The Bertz CT molecular complexity index is 507. The largest absolute Gasteiger partial charge is 0.480 e. The molecule has 3 N–H and O–H groups in total. The number of hydrogen-bond donors (Lipinski definition) is 2. The average molecular weight is 271 g/mol. The second-order valence-electron chi connectivity index (χ2n) is 4.17. The summed E-state index contributed by atoms with van der Waals surface area (Å²) in [5, 5.41) is 8.59. The summed E-state index contributed by atoms with van der Waals surface area (Å²) in [6.45, 7) is 2.01. The lowest BCUT2D eigenvalue weighted by Gasteiger charge is -2.08. The van der Waals surface area contributed by atoms with Gasteiger partial charge in [-0.15, -0.1) is 0 Å². The number of aliphatic carboxylic acids is 1. The molecule has 0 aliphatic heterocycles. The van der Waals surface area contributed by atoms with E-state index in [2.05, 4.69) is 0 Å². The van der Waals surface area contributed by atoms with Crippen LogP contribution < -0.4 is 5.73 Å². The van der Waals surface area contributed by atoms with E-state index in [1.807, 2.05) is 19.1 Å². The van der Waals surface area contributed by atoms with Crippen LogP contribution in [0.25, 0.3) is 0 Å². The third-order valence-electron chi connectivity index (χ3n) is 2.57. The first-order valence-corrected chi connectivity index (χ1v) is 7.43. The summed E-state index contributed by atoms with van der Waals surface area (Å²) in [5.41, 5.74) is 6.99. The minimum atomic E-state index is -3.50. The molecule has 0 amide bonds. The predicted molar refractivity (Wildman–Crippen MR) is 68.9 cm³/mol. The zero-order valence-corrected chi connectivity index (χ0v) is 11.0. The first-order chi connectivity index (χ1) is 8.34. The number of aryl methyl sites for hydroxylation is 1. The molecule has 1 aromatic rings. The Hall–Kier alpha value is -1.40. The van der Waals surface area contributed by atoms with Gasteiger partial charge in [-0.1, -0.05) is 31.2 Å². The first kappa shape index (κ1) is 14.7. The summed E-state index contributed by atoms with van der Waals surface area (Å²) in [6.07, 6.45) is 0.886. The van der Waals surface area contributed by atoms with E-state index >= 15 is 0 Å². The lowest BCUT2D eigenvalue weighted by molar-refractivity contribution is -0.137. The van der Waals surface area contributed by atoms with Crippen molar-refractivity contribution in [2.75, 3.05) is 5.75 Å². The number of hydrogen-bond acceptors (Lipinski definition) is 4. The van der Waals surface area contributed by atoms with E-state index < -0.39 is 27.6 Å². The highest BCUT2D eigenvalue weighted by atomic mass is 32.2. The zero-order chi connectivity index (χ0) is 13.8. The summed E-state index contributed by atoms with van der Waals surface area (Å²) in [5.74, 6) is -2.03. The van der Waals surface area contributed by atoms with E-state index in [4.69, 9.17) is 10.8 Å². The van der Waals surface area contributed by atoms with Crippen LogP contribution in [0.1, 0.15) is 18.1 Å².